The van der Waals surface area contributed by atoms with Gasteiger partial charge in [-0.2, -0.15) is 0 Å². The Balaban J connectivity index is 1.79. The Hall–Kier alpha value is -1.27. The van der Waals surface area contributed by atoms with E-state index < -0.39 is 86.8 Å². The quantitative estimate of drug-likeness (QED) is 0.0209. The number of aliphatic hydroxyl groups is 8. The lowest BCUT2D eigenvalue weighted by Gasteiger charge is -2.46. The summed E-state index contributed by atoms with van der Waals surface area (Å²) in [5.74, 6) is -0.236. The summed E-state index contributed by atoms with van der Waals surface area (Å²) in [6, 6.07) is -0.908. The number of hydrogen-bond acceptors (Lipinski definition) is 13. The number of carbonyl (C=O) groups is 1. The van der Waals surface area contributed by atoms with E-state index in [1.54, 1.807) is 6.08 Å². The smallest absolute Gasteiger partial charge is 0.220 e. The summed E-state index contributed by atoms with van der Waals surface area (Å²) in [4.78, 5) is 13.2. The highest BCUT2D eigenvalue weighted by Gasteiger charge is 2.51. The third-order valence-electron chi connectivity index (χ3n) is 13.7. The molecule has 0 aliphatic carbocycles. The molecular weight excluding hydrogens is 859 g/mol. The maximum Gasteiger partial charge on any atom is 0.220 e. The highest BCUT2D eigenvalue weighted by atomic mass is 16.7. The Morgan fingerprint density at radius 3 is 1.37 bits per heavy atom. The zero-order chi connectivity index (χ0) is 48.9. The van der Waals surface area contributed by atoms with E-state index in [0.29, 0.717) is 6.42 Å². The summed E-state index contributed by atoms with van der Waals surface area (Å²) < 4.78 is 22.7. The third-order valence-corrected chi connectivity index (χ3v) is 13.7. The third kappa shape index (κ3) is 27.2. The normalized spacial score (nSPS) is 26.6. The van der Waals surface area contributed by atoms with E-state index in [1.807, 2.05) is 6.08 Å². The maximum atomic E-state index is 13.2. The zero-order valence-corrected chi connectivity index (χ0v) is 42.2. The molecule has 0 aromatic rings. The van der Waals surface area contributed by atoms with Gasteiger partial charge in [0.25, 0.3) is 0 Å². The molecule has 396 valence electrons. The van der Waals surface area contributed by atoms with Crippen molar-refractivity contribution in [1.82, 2.24) is 5.32 Å². The Morgan fingerprint density at radius 2 is 0.925 bits per heavy atom. The fourth-order valence-electron chi connectivity index (χ4n) is 9.23. The summed E-state index contributed by atoms with van der Waals surface area (Å²) in [5, 5.41) is 86.8. The fraction of sp³-hybridized carbons (Fsp3) is 0.943. The summed E-state index contributed by atoms with van der Waals surface area (Å²) >= 11 is 0. The first-order valence-corrected chi connectivity index (χ1v) is 27.4. The van der Waals surface area contributed by atoms with Gasteiger partial charge >= 0.3 is 0 Å². The van der Waals surface area contributed by atoms with Gasteiger partial charge in [-0.05, 0) is 19.3 Å². The SMILES string of the molecule is CCCCCCCCCCCCCC=CC(O)C(COC1OC(CO)C(OC2OC(CO)C(O)C(O)C2O)C(O)C1O)NC(=O)CCCCCCCCCCCCCCCCCCCCCC. The van der Waals surface area contributed by atoms with Crippen LogP contribution in [-0.4, -0.2) is 140 Å². The Morgan fingerprint density at radius 1 is 0.522 bits per heavy atom. The molecule has 2 rings (SSSR count). The van der Waals surface area contributed by atoms with Gasteiger partial charge in [0, 0.05) is 6.42 Å². The Bertz CT molecular complexity index is 1180. The minimum atomic E-state index is -1.78. The van der Waals surface area contributed by atoms with Crippen molar-refractivity contribution < 1.29 is 64.6 Å². The molecule has 0 bridgehead atoms. The lowest BCUT2D eigenvalue weighted by molar-refractivity contribution is -0.359. The molecule has 0 radical (unpaired) electrons. The molecule has 2 aliphatic rings. The highest BCUT2D eigenvalue weighted by molar-refractivity contribution is 5.76. The van der Waals surface area contributed by atoms with Crippen LogP contribution in [0.3, 0.4) is 0 Å². The van der Waals surface area contributed by atoms with Crippen LogP contribution in [0.25, 0.3) is 0 Å². The molecular formula is C53H101NO13. The molecule has 12 unspecified atom stereocenters. The molecule has 0 aromatic heterocycles. The van der Waals surface area contributed by atoms with Crippen molar-refractivity contribution in [3.63, 3.8) is 0 Å². The van der Waals surface area contributed by atoms with E-state index in [2.05, 4.69) is 19.2 Å². The number of aliphatic hydroxyl groups excluding tert-OH is 8. The van der Waals surface area contributed by atoms with Crippen molar-refractivity contribution >= 4 is 5.91 Å². The largest absolute Gasteiger partial charge is 0.394 e. The first-order chi connectivity index (χ1) is 32.6. The van der Waals surface area contributed by atoms with Gasteiger partial charge in [-0.25, -0.2) is 0 Å². The minimum absolute atomic E-state index is 0.236. The van der Waals surface area contributed by atoms with Crippen molar-refractivity contribution in [2.24, 2.45) is 0 Å². The van der Waals surface area contributed by atoms with Crippen molar-refractivity contribution in [3.8, 4) is 0 Å². The van der Waals surface area contributed by atoms with Crippen molar-refractivity contribution in [2.45, 2.75) is 299 Å². The molecule has 0 aromatic carbocycles. The summed E-state index contributed by atoms with van der Waals surface area (Å²) in [7, 11) is 0. The lowest BCUT2D eigenvalue weighted by Crippen LogP contribution is -2.65. The van der Waals surface area contributed by atoms with Crippen LogP contribution in [0.15, 0.2) is 12.2 Å². The average molecular weight is 960 g/mol. The number of unbranched alkanes of at least 4 members (excludes halogenated alkanes) is 30. The maximum absolute atomic E-state index is 13.2. The summed E-state index contributed by atoms with van der Waals surface area (Å²) in [6.45, 7) is 2.80. The zero-order valence-electron chi connectivity index (χ0n) is 42.2. The van der Waals surface area contributed by atoms with Gasteiger partial charge in [0.2, 0.25) is 5.91 Å². The number of nitrogens with one attached hydrogen (secondary N) is 1. The Labute approximate surface area is 406 Å². The molecule has 67 heavy (non-hydrogen) atoms. The molecule has 1 amide bonds. The first-order valence-electron chi connectivity index (χ1n) is 27.4. The summed E-state index contributed by atoms with van der Waals surface area (Å²) in [5.41, 5.74) is 0. The monoisotopic (exact) mass is 960 g/mol. The first kappa shape index (κ1) is 61.8. The van der Waals surface area contributed by atoms with Crippen LogP contribution in [0.1, 0.15) is 226 Å². The van der Waals surface area contributed by atoms with E-state index in [9.17, 15) is 45.6 Å². The minimum Gasteiger partial charge on any atom is -0.394 e. The van der Waals surface area contributed by atoms with Crippen LogP contribution in [0.2, 0.25) is 0 Å². The lowest BCUT2D eigenvalue weighted by atomic mass is 9.97. The number of hydrogen-bond donors (Lipinski definition) is 9. The van der Waals surface area contributed by atoms with Gasteiger partial charge in [-0.15, -0.1) is 0 Å². The van der Waals surface area contributed by atoms with Crippen LogP contribution in [0.5, 0.6) is 0 Å². The van der Waals surface area contributed by atoms with Crippen molar-refractivity contribution in [2.75, 3.05) is 19.8 Å². The molecule has 2 heterocycles. The van der Waals surface area contributed by atoms with Crippen LogP contribution >= 0.6 is 0 Å². The fourth-order valence-corrected chi connectivity index (χ4v) is 9.23. The number of allylic oxidation sites excluding steroid dienone is 1. The van der Waals surface area contributed by atoms with Gasteiger partial charge in [-0.1, -0.05) is 212 Å². The molecule has 12 atom stereocenters. The molecule has 9 N–H and O–H groups in total. The van der Waals surface area contributed by atoms with Gasteiger partial charge in [0.1, 0.15) is 48.8 Å². The molecule has 2 saturated heterocycles. The van der Waals surface area contributed by atoms with E-state index in [-0.39, 0.29) is 18.9 Å². The van der Waals surface area contributed by atoms with Crippen LogP contribution in [0.4, 0.5) is 0 Å². The van der Waals surface area contributed by atoms with Crippen LogP contribution in [0, 0.1) is 0 Å². The van der Waals surface area contributed by atoms with E-state index >= 15 is 0 Å². The standard InChI is InChI=1S/C53H101NO13/c1-3-5-7-9-11-13-15-17-18-19-20-21-22-23-25-27-29-31-33-35-37-45(58)54-41(42(57)36-34-32-30-28-26-24-16-14-12-10-8-6-4-2)40-64-52-50(63)48(61)51(44(39-56)66-52)67-53-49(62)47(60)46(59)43(38-55)65-53/h34,36,41-44,46-53,55-57,59-63H,3-33,35,37-40H2,1-2H3,(H,54,58). The van der Waals surface area contributed by atoms with E-state index in [1.165, 1.54) is 161 Å². The van der Waals surface area contributed by atoms with E-state index in [4.69, 9.17) is 18.9 Å². The molecule has 14 nitrogen and oxygen atoms in total. The van der Waals surface area contributed by atoms with Crippen molar-refractivity contribution in [3.05, 3.63) is 12.2 Å². The molecule has 14 heteroatoms. The number of amides is 1. The second-order valence-electron chi connectivity index (χ2n) is 19.7. The van der Waals surface area contributed by atoms with Gasteiger partial charge < -0.3 is 65.1 Å². The van der Waals surface area contributed by atoms with Gasteiger partial charge in [-0.3, -0.25) is 4.79 Å². The highest BCUT2D eigenvalue weighted by Crippen LogP contribution is 2.30. The van der Waals surface area contributed by atoms with Crippen molar-refractivity contribution in [1.29, 1.82) is 0 Å². The number of ether oxygens (including phenoxy) is 4. The van der Waals surface area contributed by atoms with Gasteiger partial charge in [0.15, 0.2) is 12.6 Å². The van der Waals surface area contributed by atoms with Crippen LogP contribution < -0.4 is 5.32 Å². The molecule has 2 fully saturated rings. The number of rotatable bonds is 43. The molecule has 0 saturated carbocycles. The predicted octanol–water partition coefficient (Wildman–Crippen LogP) is 7.94. The summed E-state index contributed by atoms with van der Waals surface area (Å²) in [6.07, 6.45) is 26.8. The van der Waals surface area contributed by atoms with E-state index in [0.717, 1.165) is 38.5 Å². The second-order valence-corrected chi connectivity index (χ2v) is 19.7. The average Bonchev–Trinajstić information content (AvgIpc) is 3.32. The second kappa shape index (κ2) is 40.3. The topological polar surface area (TPSA) is 228 Å². The number of carbonyl (C=O) groups excluding carboxylic acids is 1. The van der Waals surface area contributed by atoms with Gasteiger partial charge in [0.05, 0.1) is 32.0 Å². The van der Waals surface area contributed by atoms with Crippen LogP contribution in [-0.2, 0) is 23.7 Å². The molecule has 2 aliphatic heterocycles. The Kier molecular flexibility index (Phi) is 37.2. The molecule has 0 spiro atoms. The predicted molar refractivity (Wildman–Crippen MR) is 263 cm³/mol.